The van der Waals surface area contributed by atoms with Gasteiger partial charge in [-0.25, -0.2) is 4.79 Å². The lowest BCUT2D eigenvalue weighted by atomic mass is 10.3. The van der Waals surface area contributed by atoms with Crippen molar-refractivity contribution in [2.45, 2.75) is 20.5 Å². The van der Waals surface area contributed by atoms with Gasteiger partial charge in [0, 0.05) is 15.8 Å². The zero-order chi connectivity index (χ0) is 15.4. The van der Waals surface area contributed by atoms with E-state index in [2.05, 4.69) is 0 Å². The number of ether oxygens (including phenoxy) is 3. The maximum absolute atomic E-state index is 11.6. The van der Waals surface area contributed by atoms with Crippen LogP contribution in [0.5, 0.6) is 17.2 Å². The molecule has 1 aromatic heterocycles. The zero-order valence-electron chi connectivity index (χ0n) is 12.0. The quantitative estimate of drug-likeness (QED) is 0.687. The Balaban J connectivity index is 1.93. The Morgan fingerprint density at radius 3 is 2.62 bits per heavy atom. The molecule has 1 N–H and O–H groups in total. The van der Waals surface area contributed by atoms with Crippen molar-refractivity contribution < 1.29 is 24.1 Å². The molecular formula is C15H16O5S. The first-order valence-corrected chi connectivity index (χ1v) is 7.08. The molecule has 0 fully saturated rings. The number of aromatic hydroxyl groups is 1. The summed E-state index contributed by atoms with van der Waals surface area (Å²) in [7, 11) is 1.44. The molecule has 2 aromatic rings. The van der Waals surface area contributed by atoms with Gasteiger partial charge < -0.3 is 19.3 Å². The van der Waals surface area contributed by atoms with Crippen LogP contribution in [-0.4, -0.2) is 18.4 Å². The van der Waals surface area contributed by atoms with Gasteiger partial charge in [0.2, 0.25) is 0 Å². The van der Waals surface area contributed by atoms with Crippen LogP contribution in [0.4, 0.5) is 4.79 Å². The van der Waals surface area contributed by atoms with Gasteiger partial charge in [0.25, 0.3) is 0 Å². The summed E-state index contributed by atoms with van der Waals surface area (Å²) in [6.07, 6.45) is -0.815. The summed E-state index contributed by atoms with van der Waals surface area (Å²) in [6, 6.07) is 6.35. The van der Waals surface area contributed by atoms with Gasteiger partial charge in [-0.05, 0) is 37.6 Å². The summed E-state index contributed by atoms with van der Waals surface area (Å²) in [5.74, 6) is 0.394. The Bertz CT molecular complexity index is 648. The Labute approximate surface area is 126 Å². The summed E-state index contributed by atoms with van der Waals surface area (Å²) in [5.41, 5.74) is 1.09. The summed E-state index contributed by atoms with van der Waals surface area (Å²) in [6.45, 7) is 4.14. The van der Waals surface area contributed by atoms with Gasteiger partial charge >= 0.3 is 6.16 Å². The number of phenolic OH excluding ortho intramolecular Hbond substituents is 1. The highest BCUT2D eigenvalue weighted by molar-refractivity contribution is 7.12. The fourth-order valence-electron chi connectivity index (χ4n) is 1.82. The lowest BCUT2D eigenvalue weighted by Crippen LogP contribution is -2.10. The summed E-state index contributed by atoms with van der Waals surface area (Å²) >= 11 is 1.58. The Hall–Kier alpha value is -2.21. The van der Waals surface area contributed by atoms with E-state index in [-0.39, 0.29) is 18.1 Å². The van der Waals surface area contributed by atoms with E-state index in [1.165, 1.54) is 30.2 Å². The van der Waals surface area contributed by atoms with E-state index in [9.17, 15) is 9.90 Å². The summed E-state index contributed by atoms with van der Waals surface area (Å²) < 4.78 is 15.0. The normalized spacial score (nSPS) is 10.2. The second kappa shape index (κ2) is 6.49. The van der Waals surface area contributed by atoms with Crippen molar-refractivity contribution in [3.8, 4) is 17.2 Å². The number of methoxy groups -OCH3 is 1. The number of carbonyl (C=O) groups excluding carboxylic acids is 1. The first kappa shape index (κ1) is 15.2. The van der Waals surface area contributed by atoms with Gasteiger partial charge in [-0.3, -0.25) is 0 Å². The third kappa shape index (κ3) is 3.88. The number of rotatable bonds is 4. The first-order chi connectivity index (χ1) is 9.99. The van der Waals surface area contributed by atoms with Gasteiger partial charge in [-0.15, -0.1) is 11.3 Å². The Kier molecular flexibility index (Phi) is 4.70. The van der Waals surface area contributed by atoms with Crippen molar-refractivity contribution in [2.75, 3.05) is 7.11 Å². The number of carbonyl (C=O) groups is 1. The predicted octanol–water partition coefficient (Wildman–Crippen LogP) is 3.79. The molecule has 0 aliphatic rings. The first-order valence-electron chi connectivity index (χ1n) is 6.27. The number of hydrogen-bond acceptors (Lipinski definition) is 6. The van der Waals surface area contributed by atoms with Crippen LogP contribution in [0.25, 0.3) is 0 Å². The Morgan fingerprint density at radius 2 is 2.05 bits per heavy atom. The van der Waals surface area contributed by atoms with Crippen LogP contribution < -0.4 is 9.47 Å². The molecule has 0 aliphatic carbocycles. The van der Waals surface area contributed by atoms with E-state index < -0.39 is 6.16 Å². The molecule has 2 rings (SSSR count). The summed E-state index contributed by atoms with van der Waals surface area (Å²) in [5, 5.41) is 9.60. The average Bonchev–Trinajstić information content (AvgIpc) is 2.75. The number of aryl methyl sites for hydroxylation is 2. The van der Waals surface area contributed by atoms with Gasteiger partial charge in [-0.1, -0.05) is 0 Å². The third-order valence-corrected chi connectivity index (χ3v) is 3.94. The minimum Gasteiger partial charge on any atom is -0.504 e. The highest BCUT2D eigenvalue weighted by atomic mass is 32.1. The highest BCUT2D eigenvalue weighted by Crippen LogP contribution is 2.30. The van der Waals surface area contributed by atoms with E-state index in [0.717, 1.165) is 10.4 Å². The topological polar surface area (TPSA) is 65.0 Å². The van der Waals surface area contributed by atoms with E-state index in [4.69, 9.17) is 14.2 Å². The largest absolute Gasteiger partial charge is 0.514 e. The smallest absolute Gasteiger partial charge is 0.504 e. The Morgan fingerprint density at radius 1 is 1.29 bits per heavy atom. The number of phenols is 1. The van der Waals surface area contributed by atoms with E-state index in [1.54, 1.807) is 11.3 Å². The number of benzene rings is 1. The third-order valence-electron chi connectivity index (χ3n) is 2.82. The molecule has 0 spiro atoms. The molecule has 0 aliphatic heterocycles. The lowest BCUT2D eigenvalue weighted by molar-refractivity contribution is 0.0934. The summed E-state index contributed by atoms with van der Waals surface area (Å²) in [4.78, 5) is 13.8. The molecule has 0 saturated carbocycles. The molecule has 0 atom stereocenters. The van der Waals surface area contributed by atoms with Crippen molar-refractivity contribution in [3.05, 3.63) is 39.6 Å². The van der Waals surface area contributed by atoms with Gasteiger partial charge in [-0.2, -0.15) is 0 Å². The molecule has 21 heavy (non-hydrogen) atoms. The van der Waals surface area contributed by atoms with E-state index in [1.807, 2.05) is 19.9 Å². The van der Waals surface area contributed by atoms with Crippen LogP contribution in [-0.2, 0) is 11.3 Å². The molecule has 0 saturated heterocycles. The van der Waals surface area contributed by atoms with Gasteiger partial charge in [0.15, 0.2) is 11.5 Å². The molecule has 5 nitrogen and oxygen atoms in total. The van der Waals surface area contributed by atoms with E-state index >= 15 is 0 Å². The van der Waals surface area contributed by atoms with E-state index in [0.29, 0.717) is 5.75 Å². The average molecular weight is 308 g/mol. The van der Waals surface area contributed by atoms with Crippen molar-refractivity contribution >= 4 is 17.5 Å². The van der Waals surface area contributed by atoms with Crippen LogP contribution in [0.3, 0.4) is 0 Å². The molecule has 1 heterocycles. The zero-order valence-corrected chi connectivity index (χ0v) is 12.8. The predicted molar refractivity (Wildman–Crippen MR) is 79.3 cm³/mol. The minimum atomic E-state index is -0.815. The van der Waals surface area contributed by atoms with Crippen LogP contribution in [0.1, 0.15) is 15.3 Å². The van der Waals surface area contributed by atoms with Crippen molar-refractivity contribution in [1.29, 1.82) is 0 Å². The highest BCUT2D eigenvalue weighted by Gasteiger charge is 2.11. The molecule has 112 valence electrons. The van der Waals surface area contributed by atoms with Crippen LogP contribution in [0.2, 0.25) is 0 Å². The standard InChI is InChI=1S/C15H16O5S/c1-9-6-10(2)21-14(9)8-19-15(17)20-11-4-5-13(18-3)12(16)7-11/h4-7,16H,8H2,1-3H3. The minimum absolute atomic E-state index is 0.104. The number of thiophene rings is 1. The SMILES string of the molecule is COc1ccc(OC(=O)OCc2sc(C)cc2C)cc1O. The monoisotopic (exact) mass is 308 g/mol. The van der Waals surface area contributed by atoms with Gasteiger partial charge in [0.05, 0.1) is 7.11 Å². The molecule has 6 heteroatoms. The maximum Gasteiger partial charge on any atom is 0.514 e. The second-order valence-electron chi connectivity index (χ2n) is 4.44. The second-order valence-corrected chi connectivity index (χ2v) is 5.78. The van der Waals surface area contributed by atoms with Crippen molar-refractivity contribution in [3.63, 3.8) is 0 Å². The molecule has 1 aromatic carbocycles. The van der Waals surface area contributed by atoms with Crippen LogP contribution in [0.15, 0.2) is 24.3 Å². The lowest BCUT2D eigenvalue weighted by Gasteiger charge is -2.07. The van der Waals surface area contributed by atoms with Crippen molar-refractivity contribution in [1.82, 2.24) is 0 Å². The number of hydrogen-bond donors (Lipinski definition) is 1. The molecular weight excluding hydrogens is 292 g/mol. The van der Waals surface area contributed by atoms with Gasteiger partial charge in [0.1, 0.15) is 12.4 Å². The maximum atomic E-state index is 11.6. The fourth-order valence-corrected chi connectivity index (χ4v) is 2.78. The molecule has 0 bridgehead atoms. The molecule has 0 amide bonds. The van der Waals surface area contributed by atoms with Crippen molar-refractivity contribution in [2.24, 2.45) is 0 Å². The molecule has 0 unspecified atom stereocenters. The molecule has 0 radical (unpaired) electrons. The van der Waals surface area contributed by atoms with Crippen LogP contribution >= 0.6 is 11.3 Å². The van der Waals surface area contributed by atoms with Crippen LogP contribution in [0, 0.1) is 13.8 Å². The fraction of sp³-hybridized carbons (Fsp3) is 0.267.